The number of aromatic amines is 1. The Hall–Kier alpha value is -2.78. The second-order valence-electron chi connectivity index (χ2n) is 7.38. The number of hydrogen-bond acceptors (Lipinski definition) is 4. The molecule has 0 aliphatic carbocycles. The fourth-order valence-corrected chi connectivity index (χ4v) is 4.97. The van der Waals surface area contributed by atoms with Crippen LogP contribution in [0.1, 0.15) is 5.56 Å². The predicted octanol–water partition coefficient (Wildman–Crippen LogP) is 2.73. The summed E-state index contributed by atoms with van der Waals surface area (Å²) in [5, 5.41) is 3.50. The number of sulfone groups is 1. The van der Waals surface area contributed by atoms with E-state index in [1.54, 1.807) is 4.90 Å². The van der Waals surface area contributed by atoms with E-state index in [9.17, 15) is 22.0 Å². The van der Waals surface area contributed by atoms with Gasteiger partial charge in [-0.05, 0) is 30.2 Å². The third-order valence-electron chi connectivity index (χ3n) is 5.40. The highest BCUT2D eigenvalue weighted by atomic mass is 32.2. The van der Waals surface area contributed by atoms with Crippen LogP contribution in [0.25, 0.3) is 10.9 Å². The summed E-state index contributed by atoms with van der Waals surface area (Å²) in [5.41, 5.74) is 1.71. The number of carbonyl (C=O) groups excluding carboxylic acids is 1. The van der Waals surface area contributed by atoms with E-state index in [1.807, 2.05) is 30.5 Å². The van der Waals surface area contributed by atoms with Crippen LogP contribution in [-0.4, -0.2) is 54.8 Å². The van der Waals surface area contributed by atoms with Crippen molar-refractivity contribution in [1.82, 2.24) is 9.88 Å². The smallest absolute Gasteiger partial charge is 0.242 e. The average molecular weight is 433 g/mol. The number of nitrogens with one attached hydrogen (secondary N) is 2. The van der Waals surface area contributed by atoms with Gasteiger partial charge in [-0.1, -0.05) is 18.2 Å². The number of halogens is 2. The Kier molecular flexibility index (Phi) is 5.57. The first-order valence-corrected chi connectivity index (χ1v) is 11.4. The van der Waals surface area contributed by atoms with Gasteiger partial charge in [-0.25, -0.2) is 17.2 Å². The fraction of sp³-hybridized carbons (Fsp3) is 0.286. The first kappa shape index (κ1) is 20.5. The molecule has 9 heteroatoms. The Morgan fingerprint density at radius 3 is 2.60 bits per heavy atom. The molecule has 0 unspecified atom stereocenters. The van der Waals surface area contributed by atoms with Gasteiger partial charge in [0.1, 0.15) is 11.6 Å². The third kappa shape index (κ3) is 4.36. The lowest BCUT2D eigenvalue weighted by atomic mass is 10.0. The molecule has 2 aromatic carbocycles. The molecule has 1 aromatic heterocycles. The molecule has 0 spiro atoms. The van der Waals surface area contributed by atoms with Gasteiger partial charge >= 0.3 is 0 Å². The summed E-state index contributed by atoms with van der Waals surface area (Å²) < 4.78 is 50.9. The summed E-state index contributed by atoms with van der Waals surface area (Å²) in [4.78, 5) is 18.1. The Labute approximate surface area is 172 Å². The molecule has 2 heterocycles. The van der Waals surface area contributed by atoms with Crippen LogP contribution in [0, 0.1) is 11.6 Å². The largest absolute Gasteiger partial charge is 0.361 e. The molecule has 158 valence electrons. The van der Waals surface area contributed by atoms with Gasteiger partial charge in [0.2, 0.25) is 5.91 Å². The van der Waals surface area contributed by atoms with Crippen molar-refractivity contribution in [2.75, 3.05) is 29.9 Å². The van der Waals surface area contributed by atoms with Gasteiger partial charge in [0, 0.05) is 36.3 Å². The summed E-state index contributed by atoms with van der Waals surface area (Å²) in [6, 6.07) is 9.91. The van der Waals surface area contributed by atoms with E-state index in [4.69, 9.17) is 0 Å². The Bertz CT molecular complexity index is 1180. The van der Waals surface area contributed by atoms with E-state index < -0.39 is 33.4 Å². The average Bonchev–Trinajstić information content (AvgIpc) is 3.11. The van der Waals surface area contributed by atoms with Crippen LogP contribution < -0.4 is 5.32 Å². The third-order valence-corrected chi connectivity index (χ3v) is 7.01. The van der Waals surface area contributed by atoms with Crippen LogP contribution >= 0.6 is 0 Å². The van der Waals surface area contributed by atoms with E-state index in [2.05, 4.69) is 10.3 Å². The highest BCUT2D eigenvalue weighted by Crippen LogP contribution is 2.23. The van der Waals surface area contributed by atoms with Crippen molar-refractivity contribution in [3.8, 4) is 0 Å². The monoisotopic (exact) mass is 433 g/mol. The Balaban J connectivity index is 1.61. The van der Waals surface area contributed by atoms with Crippen molar-refractivity contribution < 1.29 is 22.0 Å². The number of H-pyrrole nitrogens is 1. The zero-order chi connectivity index (χ0) is 21.3. The highest BCUT2D eigenvalue weighted by Gasteiger charge is 2.32. The molecule has 1 fully saturated rings. The lowest BCUT2D eigenvalue weighted by Gasteiger charge is -2.33. The highest BCUT2D eigenvalue weighted by molar-refractivity contribution is 7.91. The van der Waals surface area contributed by atoms with E-state index in [0.29, 0.717) is 12.5 Å². The first-order valence-electron chi connectivity index (χ1n) is 9.58. The lowest BCUT2D eigenvalue weighted by Crippen LogP contribution is -2.51. The van der Waals surface area contributed by atoms with Gasteiger partial charge in [0.15, 0.2) is 9.84 Å². The van der Waals surface area contributed by atoms with Crippen molar-refractivity contribution >= 4 is 32.3 Å². The molecule has 1 amide bonds. The van der Waals surface area contributed by atoms with Crippen LogP contribution in [0.3, 0.4) is 0 Å². The molecule has 1 saturated heterocycles. The minimum atomic E-state index is -3.12. The van der Waals surface area contributed by atoms with Gasteiger partial charge in [0.05, 0.1) is 23.2 Å². The van der Waals surface area contributed by atoms with E-state index >= 15 is 0 Å². The number of anilines is 1. The summed E-state index contributed by atoms with van der Waals surface area (Å²) in [7, 11) is -3.12. The second kappa shape index (κ2) is 8.16. The summed E-state index contributed by atoms with van der Waals surface area (Å²) in [5.74, 6) is -2.13. The maximum atomic E-state index is 14.1. The van der Waals surface area contributed by atoms with Crippen LogP contribution in [0.2, 0.25) is 0 Å². The number of amides is 1. The molecule has 4 rings (SSSR count). The van der Waals surface area contributed by atoms with Gasteiger partial charge in [0.25, 0.3) is 0 Å². The van der Waals surface area contributed by atoms with Crippen LogP contribution in [-0.2, 0) is 21.1 Å². The zero-order valence-electron chi connectivity index (χ0n) is 16.1. The molecule has 6 nitrogen and oxygen atoms in total. The van der Waals surface area contributed by atoms with Crippen molar-refractivity contribution in [3.05, 3.63) is 65.9 Å². The summed E-state index contributed by atoms with van der Waals surface area (Å²) in [6.07, 6.45) is 2.14. The topological polar surface area (TPSA) is 82.3 Å². The van der Waals surface area contributed by atoms with Crippen molar-refractivity contribution in [2.45, 2.75) is 12.5 Å². The summed E-state index contributed by atoms with van der Waals surface area (Å²) >= 11 is 0. The van der Waals surface area contributed by atoms with Gasteiger partial charge in [-0.2, -0.15) is 0 Å². The molecule has 1 atom stereocenters. The van der Waals surface area contributed by atoms with Gasteiger partial charge < -0.3 is 10.3 Å². The minimum Gasteiger partial charge on any atom is -0.361 e. The zero-order valence-corrected chi connectivity index (χ0v) is 16.9. The molecular formula is C21H21F2N3O3S. The molecule has 30 heavy (non-hydrogen) atoms. The molecular weight excluding hydrogens is 412 g/mol. The maximum Gasteiger partial charge on any atom is 0.242 e. The number of fused-ring (bicyclic) bond motifs is 1. The standard InChI is InChI=1S/C21H21F2N3O3S/c22-15-5-6-19(17(23)12-15)25-21(27)20(26-7-9-30(28,29)10-8-26)11-14-13-24-18-4-2-1-3-16(14)18/h1-6,12-13,20,24H,7-11H2,(H,25,27)/t20-/m1/s1. The van der Waals surface area contributed by atoms with Crippen LogP contribution in [0.5, 0.6) is 0 Å². The number of aromatic nitrogens is 1. The van der Waals surface area contributed by atoms with E-state index in [1.165, 1.54) is 6.07 Å². The van der Waals surface area contributed by atoms with Crippen molar-refractivity contribution in [3.63, 3.8) is 0 Å². The number of benzene rings is 2. The van der Waals surface area contributed by atoms with Crippen molar-refractivity contribution in [1.29, 1.82) is 0 Å². The SMILES string of the molecule is O=C(Nc1ccc(F)cc1F)[C@@H](Cc1c[nH]c2ccccc12)N1CCS(=O)(=O)CC1. The molecule has 2 N–H and O–H groups in total. The maximum absolute atomic E-state index is 14.1. The van der Waals surface area contributed by atoms with Crippen molar-refractivity contribution in [2.24, 2.45) is 0 Å². The normalized spacial score (nSPS) is 17.7. The fourth-order valence-electron chi connectivity index (χ4n) is 3.74. The quantitative estimate of drug-likeness (QED) is 0.648. The number of hydrogen-bond donors (Lipinski definition) is 2. The van der Waals surface area contributed by atoms with Gasteiger partial charge in [-0.3, -0.25) is 9.69 Å². The molecule has 1 aliphatic rings. The van der Waals surface area contributed by atoms with Gasteiger partial charge in [-0.15, -0.1) is 0 Å². The Morgan fingerprint density at radius 2 is 1.87 bits per heavy atom. The number of carbonyl (C=O) groups is 1. The van der Waals surface area contributed by atoms with E-state index in [0.717, 1.165) is 22.5 Å². The summed E-state index contributed by atoms with van der Waals surface area (Å²) in [6.45, 7) is 0.434. The number of nitrogens with zero attached hydrogens (tertiary/aromatic N) is 1. The molecule has 0 saturated carbocycles. The molecule has 1 aliphatic heterocycles. The Morgan fingerprint density at radius 1 is 1.13 bits per heavy atom. The minimum absolute atomic E-state index is 0.0322. The predicted molar refractivity (Wildman–Crippen MR) is 111 cm³/mol. The number of para-hydroxylation sites is 1. The lowest BCUT2D eigenvalue weighted by molar-refractivity contribution is -0.121. The van der Waals surface area contributed by atoms with E-state index in [-0.39, 0.29) is 30.3 Å². The molecule has 0 bridgehead atoms. The number of rotatable bonds is 5. The van der Waals surface area contributed by atoms with Crippen LogP contribution in [0.4, 0.5) is 14.5 Å². The van der Waals surface area contributed by atoms with Crippen LogP contribution in [0.15, 0.2) is 48.7 Å². The second-order valence-corrected chi connectivity index (χ2v) is 9.68. The first-order chi connectivity index (χ1) is 14.3. The molecule has 3 aromatic rings. The molecule has 0 radical (unpaired) electrons.